The summed E-state index contributed by atoms with van der Waals surface area (Å²) in [7, 11) is 0. The molecule has 1 heterocycles. The first-order valence-corrected chi connectivity index (χ1v) is 8.43. The van der Waals surface area contributed by atoms with E-state index in [4.69, 9.17) is 4.52 Å². The van der Waals surface area contributed by atoms with Gasteiger partial charge in [0, 0.05) is 24.3 Å². The van der Waals surface area contributed by atoms with Crippen LogP contribution in [0.25, 0.3) is 0 Å². The molecule has 6 heteroatoms. The first-order chi connectivity index (χ1) is 11.6. The molecule has 1 unspecified atom stereocenters. The fraction of sp³-hybridized carbons (Fsp3) is 0.444. The molecule has 24 heavy (non-hydrogen) atoms. The van der Waals surface area contributed by atoms with Crippen LogP contribution in [0.1, 0.15) is 37.4 Å². The summed E-state index contributed by atoms with van der Waals surface area (Å²) in [6.07, 6.45) is 3.96. The number of amides is 2. The van der Waals surface area contributed by atoms with Crippen LogP contribution in [-0.4, -0.2) is 17.2 Å². The molecule has 128 valence electrons. The number of carbonyl (C=O) groups is 1. The lowest BCUT2D eigenvalue weighted by Gasteiger charge is -2.16. The molecule has 1 aliphatic carbocycles. The summed E-state index contributed by atoms with van der Waals surface area (Å²) >= 11 is 0. The van der Waals surface area contributed by atoms with E-state index in [1.54, 1.807) is 13.0 Å². The Morgan fingerprint density at radius 2 is 2.12 bits per heavy atom. The summed E-state index contributed by atoms with van der Waals surface area (Å²) in [4.78, 5) is 12.1. The lowest BCUT2D eigenvalue weighted by Crippen LogP contribution is -2.27. The van der Waals surface area contributed by atoms with Crippen molar-refractivity contribution in [1.82, 2.24) is 10.5 Å². The SMILES string of the molecule is Cc1cc(NC(=O)Nc2ccccc2CNC(C)CC2CC2)on1. The van der Waals surface area contributed by atoms with Crippen LogP contribution in [0.15, 0.2) is 34.9 Å². The highest BCUT2D eigenvalue weighted by Gasteiger charge is 2.23. The molecule has 0 bridgehead atoms. The highest BCUT2D eigenvalue weighted by Crippen LogP contribution is 2.33. The lowest BCUT2D eigenvalue weighted by atomic mass is 10.1. The van der Waals surface area contributed by atoms with Gasteiger partial charge in [0.2, 0.25) is 5.88 Å². The van der Waals surface area contributed by atoms with E-state index in [2.05, 4.69) is 28.0 Å². The van der Waals surface area contributed by atoms with Crippen molar-refractivity contribution < 1.29 is 9.32 Å². The first kappa shape index (κ1) is 16.5. The second-order valence-corrected chi connectivity index (χ2v) is 6.53. The molecule has 0 aliphatic heterocycles. The van der Waals surface area contributed by atoms with Crippen LogP contribution in [0.5, 0.6) is 0 Å². The zero-order valence-electron chi connectivity index (χ0n) is 14.1. The molecule has 0 spiro atoms. The van der Waals surface area contributed by atoms with Crippen molar-refractivity contribution in [3.63, 3.8) is 0 Å². The molecule has 1 fully saturated rings. The van der Waals surface area contributed by atoms with Gasteiger partial charge in [-0.05, 0) is 37.8 Å². The molecule has 3 rings (SSSR count). The van der Waals surface area contributed by atoms with E-state index in [1.165, 1.54) is 19.3 Å². The van der Waals surface area contributed by atoms with Crippen molar-refractivity contribution in [3.05, 3.63) is 41.6 Å². The highest BCUT2D eigenvalue weighted by atomic mass is 16.5. The van der Waals surface area contributed by atoms with Crippen LogP contribution in [0.3, 0.4) is 0 Å². The summed E-state index contributed by atoms with van der Waals surface area (Å²) < 4.78 is 4.99. The number of anilines is 2. The van der Waals surface area contributed by atoms with E-state index >= 15 is 0 Å². The van der Waals surface area contributed by atoms with Crippen LogP contribution in [-0.2, 0) is 6.54 Å². The van der Waals surface area contributed by atoms with Gasteiger partial charge in [-0.3, -0.25) is 5.32 Å². The molecule has 1 aliphatic rings. The molecule has 2 amide bonds. The quantitative estimate of drug-likeness (QED) is 0.720. The second-order valence-electron chi connectivity index (χ2n) is 6.53. The number of carbonyl (C=O) groups excluding carboxylic acids is 1. The largest absolute Gasteiger partial charge is 0.338 e. The first-order valence-electron chi connectivity index (χ1n) is 8.43. The van der Waals surface area contributed by atoms with E-state index < -0.39 is 0 Å². The zero-order chi connectivity index (χ0) is 16.9. The van der Waals surface area contributed by atoms with Crippen molar-refractivity contribution in [3.8, 4) is 0 Å². The van der Waals surface area contributed by atoms with E-state index in [0.717, 1.165) is 29.4 Å². The van der Waals surface area contributed by atoms with Crippen LogP contribution in [0.2, 0.25) is 0 Å². The van der Waals surface area contributed by atoms with Crippen molar-refractivity contribution >= 4 is 17.6 Å². The van der Waals surface area contributed by atoms with Gasteiger partial charge in [0.15, 0.2) is 0 Å². The Hall–Kier alpha value is -2.34. The molecular formula is C18H24N4O2. The van der Waals surface area contributed by atoms with Gasteiger partial charge in [0.25, 0.3) is 0 Å². The van der Waals surface area contributed by atoms with Crippen LogP contribution in [0.4, 0.5) is 16.4 Å². The Balaban J connectivity index is 1.55. The monoisotopic (exact) mass is 328 g/mol. The number of urea groups is 1. The van der Waals surface area contributed by atoms with Crippen molar-refractivity contribution in [2.75, 3.05) is 10.6 Å². The standard InChI is InChI=1S/C18H24N4O2/c1-12(9-14-7-8-14)19-11-15-5-3-4-6-16(15)20-18(23)21-17-10-13(2)22-24-17/h3-6,10,12,14,19H,7-9,11H2,1-2H3,(H2,20,21,23). The number of aromatic nitrogens is 1. The van der Waals surface area contributed by atoms with E-state index in [-0.39, 0.29) is 6.03 Å². The highest BCUT2D eigenvalue weighted by molar-refractivity contribution is 5.99. The maximum Gasteiger partial charge on any atom is 0.326 e. The van der Waals surface area contributed by atoms with Gasteiger partial charge >= 0.3 is 6.03 Å². The van der Waals surface area contributed by atoms with Gasteiger partial charge in [-0.1, -0.05) is 36.2 Å². The summed E-state index contributed by atoms with van der Waals surface area (Å²) in [5, 5.41) is 12.8. The number of nitrogens with one attached hydrogen (secondary N) is 3. The van der Waals surface area contributed by atoms with Crippen molar-refractivity contribution in [2.24, 2.45) is 5.92 Å². The maximum atomic E-state index is 12.1. The van der Waals surface area contributed by atoms with Crippen LogP contribution < -0.4 is 16.0 Å². The van der Waals surface area contributed by atoms with Gasteiger partial charge in [0.05, 0.1) is 5.69 Å². The van der Waals surface area contributed by atoms with Gasteiger partial charge < -0.3 is 15.2 Å². The third-order valence-electron chi connectivity index (χ3n) is 4.16. The van der Waals surface area contributed by atoms with Gasteiger partial charge in [-0.25, -0.2) is 4.79 Å². The summed E-state index contributed by atoms with van der Waals surface area (Å²) in [6, 6.07) is 9.61. The minimum absolute atomic E-state index is 0.332. The second kappa shape index (κ2) is 7.49. The minimum atomic E-state index is -0.343. The third kappa shape index (κ3) is 4.83. The molecule has 1 aromatic carbocycles. The Bertz CT molecular complexity index is 694. The van der Waals surface area contributed by atoms with Gasteiger partial charge in [-0.2, -0.15) is 0 Å². The average Bonchev–Trinajstić information content (AvgIpc) is 3.27. The van der Waals surface area contributed by atoms with Crippen LogP contribution >= 0.6 is 0 Å². The van der Waals surface area contributed by atoms with E-state index in [0.29, 0.717) is 11.9 Å². The van der Waals surface area contributed by atoms with Crippen molar-refractivity contribution in [2.45, 2.75) is 45.7 Å². The molecule has 3 N–H and O–H groups in total. The van der Waals surface area contributed by atoms with Crippen LogP contribution in [0, 0.1) is 12.8 Å². The Labute approximate surface area is 142 Å². The van der Waals surface area contributed by atoms with Crippen molar-refractivity contribution in [1.29, 1.82) is 0 Å². The molecule has 1 atom stereocenters. The molecule has 0 saturated heterocycles. The fourth-order valence-electron chi connectivity index (χ4n) is 2.71. The van der Waals surface area contributed by atoms with Gasteiger partial charge in [0.1, 0.15) is 0 Å². The van der Waals surface area contributed by atoms with E-state index in [1.807, 2.05) is 24.3 Å². The number of aryl methyl sites for hydroxylation is 1. The summed E-state index contributed by atoms with van der Waals surface area (Å²) in [5.74, 6) is 1.23. The number of hydrogen-bond acceptors (Lipinski definition) is 4. The lowest BCUT2D eigenvalue weighted by molar-refractivity contribution is 0.261. The minimum Gasteiger partial charge on any atom is -0.338 e. The third-order valence-corrected chi connectivity index (χ3v) is 4.16. The fourth-order valence-corrected chi connectivity index (χ4v) is 2.71. The molecule has 1 saturated carbocycles. The average molecular weight is 328 g/mol. The molecule has 6 nitrogen and oxygen atoms in total. The number of rotatable bonds is 7. The smallest absolute Gasteiger partial charge is 0.326 e. The molecule has 2 aromatic rings. The normalized spacial score (nSPS) is 15.1. The summed E-state index contributed by atoms with van der Waals surface area (Å²) in [5.41, 5.74) is 2.57. The molecule has 1 aromatic heterocycles. The predicted molar refractivity (Wildman–Crippen MR) is 94.0 cm³/mol. The molecular weight excluding hydrogens is 304 g/mol. The number of hydrogen-bond donors (Lipinski definition) is 3. The zero-order valence-corrected chi connectivity index (χ0v) is 14.1. The molecule has 0 radical (unpaired) electrons. The topological polar surface area (TPSA) is 79.2 Å². The Kier molecular flexibility index (Phi) is 5.15. The number of nitrogens with zero attached hydrogens (tertiary/aromatic N) is 1. The predicted octanol–water partition coefficient (Wildman–Crippen LogP) is 3.91. The van der Waals surface area contributed by atoms with Gasteiger partial charge in [-0.15, -0.1) is 0 Å². The maximum absolute atomic E-state index is 12.1. The summed E-state index contributed by atoms with van der Waals surface area (Å²) in [6.45, 7) is 4.75. The Morgan fingerprint density at radius 1 is 1.33 bits per heavy atom. The number of para-hydroxylation sites is 1. The van der Waals surface area contributed by atoms with E-state index in [9.17, 15) is 4.79 Å². The Morgan fingerprint density at radius 3 is 2.83 bits per heavy atom. The number of benzene rings is 1.